The predicted molar refractivity (Wildman–Crippen MR) is 65.6 cm³/mol. The van der Waals surface area contributed by atoms with Crippen LogP contribution in [0.5, 0.6) is 0 Å². The number of halogens is 3. The maximum Gasteiger partial charge on any atom is 0.417 e. The minimum atomic E-state index is -4.76. The second kappa shape index (κ2) is 4.82. The van der Waals surface area contributed by atoms with Gasteiger partial charge in [-0.05, 0) is 19.1 Å². The number of sulfonamides is 1. The molecule has 0 spiro atoms. The van der Waals surface area contributed by atoms with Gasteiger partial charge in [0.25, 0.3) is 10.0 Å². The number of H-pyrrole nitrogens is 1. The van der Waals surface area contributed by atoms with Gasteiger partial charge < -0.3 is 0 Å². The van der Waals surface area contributed by atoms with Gasteiger partial charge in [-0.15, -0.1) is 0 Å². The summed E-state index contributed by atoms with van der Waals surface area (Å²) in [7, 11) is -4.36. The van der Waals surface area contributed by atoms with Crippen LogP contribution in [0.25, 0.3) is 0 Å². The Labute approximate surface area is 112 Å². The van der Waals surface area contributed by atoms with Crippen molar-refractivity contribution in [3.8, 4) is 0 Å². The highest BCUT2D eigenvalue weighted by molar-refractivity contribution is 7.92. The molecule has 20 heavy (non-hydrogen) atoms. The number of hydrogen-bond donors (Lipinski definition) is 2. The van der Waals surface area contributed by atoms with Crippen molar-refractivity contribution in [2.45, 2.75) is 18.0 Å². The van der Waals surface area contributed by atoms with E-state index in [-0.39, 0.29) is 5.82 Å². The molecule has 0 atom stereocenters. The smallest absolute Gasteiger partial charge is 0.263 e. The molecule has 0 bridgehead atoms. The number of aromatic amines is 1. The molecule has 1 heterocycles. The fourth-order valence-corrected chi connectivity index (χ4v) is 2.89. The van der Waals surface area contributed by atoms with E-state index < -0.39 is 26.7 Å². The van der Waals surface area contributed by atoms with Gasteiger partial charge in [-0.3, -0.25) is 9.82 Å². The van der Waals surface area contributed by atoms with E-state index in [9.17, 15) is 21.6 Å². The van der Waals surface area contributed by atoms with E-state index in [4.69, 9.17) is 0 Å². The Morgan fingerprint density at radius 1 is 1.25 bits per heavy atom. The molecule has 0 saturated carbocycles. The molecule has 1 aromatic heterocycles. The number of aryl methyl sites for hydroxylation is 1. The second-order valence-corrected chi connectivity index (χ2v) is 5.68. The number of rotatable bonds is 3. The number of aromatic nitrogens is 2. The summed E-state index contributed by atoms with van der Waals surface area (Å²) in [5, 5.41) is 5.96. The van der Waals surface area contributed by atoms with Crippen molar-refractivity contribution in [2.75, 3.05) is 4.72 Å². The first-order valence-electron chi connectivity index (χ1n) is 5.41. The molecule has 108 valence electrons. The zero-order chi connectivity index (χ0) is 15.0. The van der Waals surface area contributed by atoms with Crippen LogP contribution in [0.3, 0.4) is 0 Å². The molecule has 0 aliphatic carbocycles. The lowest BCUT2D eigenvalue weighted by molar-refractivity contribution is -0.139. The quantitative estimate of drug-likeness (QED) is 0.915. The SMILES string of the molecule is Cc1cn[nH]c1NS(=O)(=O)c1ccccc1C(F)(F)F. The summed E-state index contributed by atoms with van der Waals surface area (Å²) in [5.41, 5.74) is -0.747. The molecule has 0 amide bonds. The molecule has 0 radical (unpaired) electrons. The lowest BCUT2D eigenvalue weighted by Crippen LogP contribution is -2.19. The summed E-state index contributed by atoms with van der Waals surface area (Å²) in [6, 6.07) is 3.97. The van der Waals surface area contributed by atoms with Crippen molar-refractivity contribution in [3.63, 3.8) is 0 Å². The van der Waals surface area contributed by atoms with Gasteiger partial charge in [0.05, 0.1) is 16.7 Å². The Morgan fingerprint density at radius 3 is 2.45 bits per heavy atom. The Bertz CT molecular complexity index is 723. The number of nitrogens with one attached hydrogen (secondary N) is 2. The molecule has 0 saturated heterocycles. The minimum Gasteiger partial charge on any atom is -0.263 e. The lowest BCUT2D eigenvalue weighted by Gasteiger charge is -2.13. The first-order chi connectivity index (χ1) is 9.22. The standard InChI is InChI=1S/C11H10F3N3O2S/c1-7-6-15-16-10(7)17-20(18,19)9-5-3-2-4-8(9)11(12,13)14/h2-6H,1H3,(H2,15,16,17). The van der Waals surface area contributed by atoms with Crippen LogP contribution in [0, 0.1) is 6.92 Å². The molecule has 0 unspecified atom stereocenters. The summed E-state index contributed by atoms with van der Waals surface area (Å²) in [6.07, 6.45) is -3.40. The first kappa shape index (κ1) is 14.4. The Morgan fingerprint density at radius 2 is 1.90 bits per heavy atom. The van der Waals surface area contributed by atoms with Gasteiger partial charge in [0.2, 0.25) is 0 Å². The monoisotopic (exact) mass is 305 g/mol. The zero-order valence-electron chi connectivity index (χ0n) is 10.2. The highest BCUT2D eigenvalue weighted by atomic mass is 32.2. The summed E-state index contributed by atoms with van der Waals surface area (Å²) in [5.74, 6) is 0.0296. The predicted octanol–water partition coefficient (Wildman–Crippen LogP) is 2.54. The van der Waals surface area contributed by atoms with E-state index in [0.29, 0.717) is 11.6 Å². The fraction of sp³-hybridized carbons (Fsp3) is 0.182. The van der Waals surface area contributed by atoms with Crippen molar-refractivity contribution in [2.24, 2.45) is 0 Å². The van der Waals surface area contributed by atoms with E-state index >= 15 is 0 Å². The molecule has 2 aromatic rings. The Kier molecular flexibility index (Phi) is 3.46. The fourth-order valence-electron chi connectivity index (χ4n) is 1.57. The van der Waals surface area contributed by atoms with E-state index in [2.05, 4.69) is 10.2 Å². The second-order valence-electron chi connectivity index (χ2n) is 4.03. The lowest BCUT2D eigenvalue weighted by atomic mass is 10.2. The highest BCUT2D eigenvalue weighted by Gasteiger charge is 2.37. The molecule has 0 aliphatic rings. The average molecular weight is 305 g/mol. The number of hydrogen-bond acceptors (Lipinski definition) is 3. The summed E-state index contributed by atoms with van der Waals surface area (Å²) >= 11 is 0. The molecule has 1 aromatic carbocycles. The third-order valence-electron chi connectivity index (χ3n) is 2.55. The Balaban J connectivity index is 2.48. The molecule has 0 aliphatic heterocycles. The third-order valence-corrected chi connectivity index (χ3v) is 3.96. The van der Waals surface area contributed by atoms with Gasteiger partial charge in [-0.1, -0.05) is 12.1 Å². The molecule has 5 nitrogen and oxygen atoms in total. The number of anilines is 1. The van der Waals surface area contributed by atoms with Crippen LogP contribution in [-0.4, -0.2) is 18.6 Å². The summed E-state index contributed by atoms with van der Waals surface area (Å²) < 4.78 is 64.6. The molecule has 9 heteroatoms. The van der Waals surface area contributed by atoms with Crippen molar-refractivity contribution in [1.82, 2.24) is 10.2 Å². The maximum absolute atomic E-state index is 12.8. The van der Waals surface area contributed by atoms with Gasteiger partial charge in [0, 0.05) is 5.56 Å². The van der Waals surface area contributed by atoms with Crippen molar-refractivity contribution >= 4 is 15.8 Å². The minimum absolute atomic E-state index is 0.0296. The van der Waals surface area contributed by atoms with Crippen LogP contribution in [-0.2, 0) is 16.2 Å². The number of benzene rings is 1. The van der Waals surface area contributed by atoms with Gasteiger partial charge in [-0.2, -0.15) is 18.3 Å². The number of alkyl halides is 3. The largest absolute Gasteiger partial charge is 0.417 e. The Hall–Kier alpha value is -2.03. The highest BCUT2D eigenvalue weighted by Crippen LogP contribution is 2.34. The molecular weight excluding hydrogens is 295 g/mol. The van der Waals surface area contributed by atoms with E-state index in [1.807, 2.05) is 4.72 Å². The van der Waals surface area contributed by atoms with Crippen LogP contribution in [0.2, 0.25) is 0 Å². The zero-order valence-corrected chi connectivity index (χ0v) is 11.0. The summed E-state index contributed by atoms with van der Waals surface area (Å²) in [6.45, 7) is 1.57. The molecular formula is C11H10F3N3O2S. The van der Waals surface area contributed by atoms with Crippen LogP contribution in [0.15, 0.2) is 35.4 Å². The van der Waals surface area contributed by atoms with Gasteiger partial charge in [0.15, 0.2) is 0 Å². The van der Waals surface area contributed by atoms with Gasteiger partial charge >= 0.3 is 6.18 Å². The molecule has 0 fully saturated rings. The van der Waals surface area contributed by atoms with Gasteiger partial charge in [0.1, 0.15) is 5.82 Å². The van der Waals surface area contributed by atoms with Crippen LogP contribution in [0.4, 0.5) is 19.0 Å². The van der Waals surface area contributed by atoms with Crippen LogP contribution < -0.4 is 4.72 Å². The topological polar surface area (TPSA) is 74.8 Å². The summed E-state index contributed by atoms with van der Waals surface area (Å²) in [4.78, 5) is -0.832. The number of nitrogens with zero attached hydrogens (tertiary/aromatic N) is 1. The molecule has 2 rings (SSSR count). The average Bonchev–Trinajstić information content (AvgIpc) is 2.73. The van der Waals surface area contributed by atoms with Gasteiger partial charge in [-0.25, -0.2) is 8.42 Å². The van der Waals surface area contributed by atoms with Crippen molar-refractivity contribution in [3.05, 3.63) is 41.6 Å². The first-order valence-corrected chi connectivity index (χ1v) is 6.89. The normalized spacial score (nSPS) is 12.4. The van der Waals surface area contributed by atoms with E-state index in [1.165, 1.54) is 12.3 Å². The van der Waals surface area contributed by atoms with Crippen molar-refractivity contribution < 1.29 is 21.6 Å². The van der Waals surface area contributed by atoms with Crippen molar-refractivity contribution in [1.29, 1.82) is 0 Å². The van der Waals surface area contributed by atoms with Crippen LogP contribution >= 0.6 is 0 Å². The maximum atomic E-state index is 12.8. The molecule has 2 N–H and O–H groups in total. The van der Waals surface area contributed by atoms with E-state index in [1.54, 1.807) is 6.92 Å². The van der Waals surface area contributed by atoms with E-state index in [0.717, 1.165) is 12.1 Å². The van der Waals surface area contributed by atoms with Crippen LogP contribution in [0.1, 0.15) is 11.1 Å². The third kappa shape index (κ3) is 2.77.